The lowest BCUT2D eigenvalue weighted by Gasteiger charge is -2.27. The Kier molecular flexibility index (Phi) is 9.23. The Morgan fingerprint density at radius 2 is 2.05 bits per heavy atom. The van der Waals surface area contributed by atoms with E-state index < -0.39 is 5.97 Å². The molecule has 0 atom stereocenters. The van der Waals surface area contributed by atoms with Gasteiger partial charge in [-0.1, -0.05) is 12.2 Å². The van der Waals surface area contributed by atoms with Crippen LogP contribution in [0, 0.1) is 11.3 Å². The normalized spacial score (nSPS) is 19.5. The molecule has 1 aliphatic heterocycles. The molecule has 0 bridgehead atoms. The van der Waals surface area contributed by atoms with Crippen LogP contribution in [0.1, 0.15) is 73.3 Å². The van der Waals surface area contributed by atoms with E-state index in [1.807, 2.05) is 24.3 Å². The summed E-state index contributed by atoms with van der Waals surface area (Å²) in [5, 5.41) is 16.0. The fraction of sp³-hybridized carbons (Fsp3) is 0.481. The minimum atomic E-state index is -0.738. The number of allylic oxidation sites excluding steroid dienone is 2. The molecule has 11 nitrogen and oxygen atoms in total. The summed E-state index contributed by atoms with van der Waals surface area (Å²) in [6.07, 6.45) is 12.9. The molecule has 1 amide bonds. The van der Waals surface area contributed by atoms with E-state index >= 15 is 0 Å². The molecule has 0 unspecified atom stereocenters. The number of nitrogens with two attached hydrogens (primary N) is 1. The number of aliphatic carboxylic acids is 1. The number of pyridine rings is 1. The lowest BCUT2D eigenvalue weighted by Crippen LogP contribution is -2.33. The molecule has 38 heavy (non-hydrogen) atoms. The molecule has 0 radical (unpaired) electrons. The summed E-state index contributed by atoms with van der Waals surface area (Å²) < 4.78 is 11.4. The summed E-state index contributed by atoms with van der Waals surface area (Å²) in [6, 6.07) is 3.88. The van der Waals surface area contributed by atoms with E-state index in [1.165, 1.54) is 6.21 Å². The number of unbranched alkanes of at least 4 members (excludes halogenated alkanes) is 1. The average Bonchev–Trinajstić information content (AvgIpc) is 3.07. The van der Waals surface area contributed by atoms with Crippen LogP contribution < -0.4 is 20.1 Å². The number of aromatic nitrogens is 3. The zero-order valence-corrected chi connectivity index (χ0v) is 21.3. The van der Waals surface area contributed by atoms with E-state index in [4.69, 9.17) is 25.7 Å². The van der Waals surface area contributed by atoms with Gasteiger partial charge in [0.2, 0.25) is 5.88 Å². The molecule has 1 fully saturated rings. The Labute approximate surface area is 221 Å². The number of carbonyl (C=O) groups excluding carboxylic acids is 1. The Morgan fingerprint density at radius 1 is 1.24 bits per heavy atom. The van der Waals surface area contributed by atoms with Crippen LogP contribution in [0.3, 0.4) is 0 Å². The second-order valence-corrected chi connectivity index (χ2v) is 9.54. The number of nitrogens with zero attached hydrogens (tertiary/aromatic N) is 4. The third-order valence-corrected chi connectivity index (χ3v) is 6.87. The number of ether oxygens (including phenoxy) is 2. The summed E-state index contributed by atoms with van der Waals surface area (Å²) >= 11 is 0. The number of amides is 1. The molecule has 0 aromatic carbocycles. The highest BCUT2D eigenvalue weighted by Crippen LogP contribution is 2.37. The van der Waals surface area contributed by atoms with Gasteiger partial charge in [-0.15, -0.1) is 0 Å². The van der Waals surface area contributed by atoms with Crippen LogP contribution in [0.4, 0.5) is 11.5 Å². The van der Waals surface area contributed by atoms with Crippen molar-refractivity contribution < 1.29 is 24.2 Å². The van der Waals surface area contributed by atoms with Crippen molar-refractivity contribution in [2.24, 2.45) is 5.92 Å². The van der Waals surface area contributed by atoms with Gasteiger partial charge in [-0.2, -0.15) is 9.97 Å². The summed E-state index contributed by atoms with van der Waals surface area (Å²) in [4.78, 5) is 39.0. The number of carboxylic acid groups (broad SMARTS) is 1. The van der Waals surface area contributed by atoms with Gasteiger partial charge in [-0.25, -0.2) is 0 Å². The van der Waals surface area contributed by atoms with E-state index in [1.54, 1.807) is 11.1 Å². The van der Waals surface area contributed by atoms with Crippen LogP contribution in [0.15, 0.2) is 30.5 Å². The highest BCUT2D eigenvalue weighted by atomic mass is 16.5. The van der Waals surface area contributed by atoms with Crippen molar-refractivity contribution in [2.75, 3.05) is 30.4 Å². The van der Waals surface area contributed by atoms with E-state index in [2.05, 4.69) is 15.0 Å². The number of anilines is 2. The van der Waals surface area contributed by atoms with Crippen LogP contribution in [0.5, 0.6) is 11.9 Å². The topological polar surface area (TPSA) is 165 Å². The van der Waals surface area contributed by atoms with Crippen molar-refractivity contribution in [3.63, 3.8) is 0 Å². The van der Waals surface area contributed by atoms with E-state index in [-0.39, 0.29) is 48.1 Å². The number of rotatable bonds is 11. The van der Waals surface area contributed by atoms with Gasteiger partial charge in [0.15, 0.2) is 0 Å². The van der Waals surface area contributed by atoms with Crippen molar-refractivity contribution in [3.05, 3.63) is 41.7 Å². The molecule has 2 aromatic heterocycles. The van der Waals surface area contributed by atoms with Gasteiger partial charge in [0.25, 0.3) is 5.91 Å². The molecule has 4 N–H and O–H groups in total. The molecule has 1 saturated carbocycles. The number of carboxylic acids is 1. The quantitative estimate of drug-likeness (QED) is 0.225. The monoisotopic (exact) mass is 522 g/mol. The van der Waals surface area contributed by atoms with E-state index in [9.17, 15) is 9.59 Å². The van der Waals surface area contributed by atoms with Crippen molar-refractivity contribution in [3.8, 4) is 11.9 Å². The number of nitrogens with one attached hydrogen (secondary N) is 1. The van der Waals surface area contributed by atoms with E-state index in [0.717, 1.165) is 44.2 Å². The maximum Gasteiger partial charge on any atom is 0.321 e. The molecule has 3 heterocycles. The molecule has 11 heteroatoms. The molecule has 0 saturated heterocycles. The van der Waals surface area contributed by atoms with Crippen LogP contribution in [0.2, 0.25) is 0 Å². The fourth-order valence-electron chi connectivity index (χ4n) is 4.88. The Bertz CT molecular complexity index is 1160. The number of carbonyl (C=O) groups is 2. The van der Waals surface area contributed by atoms with Crippen molar-refractivity contribution in [2.45, 2.75) is 57.3 Å². The zero-order chi connectivity index (χ0) is 26.9. The lowest BCUT2D eigenvalue weighted by molar-refractivity contribution is -0.138. The molecule has 2 aromatic rings. The largest absolute Gasteiger partial charge is 0.481 e. The minimum Gasteiger partial charge on any atom is -0.481 e. The first kappa shape index (κ1) is 27.0. The molecule has 1 aliphatic carbocycles. The Balaban J connectivity index is 1.38. The van der Waals surface area contributed by atoms with Gasteiger partial charge < -0.3 is 30.6 Å². The van der Waals surface area contributed by atoms with Gasteiger partial charge in [-0.3, -0.25) is 14.6 Å². The number of nitrogen functional groups attached to an aromatic ring is 1. The molecule has 0 spiro atoms. The van der Waals surface area contributed by atoms with Crippen molar-refractivity contribution in [1.29, 1.82) is 5.41 Å². The number of hydrogen-bond acceptors (Lipinski definition) is 9. The van der Waals surface area contributed by atoms with Crippen LogP contribution in [0.25, 0.3) is 0 Å². The predicted octanol–water partition coefficient (Wildman–Crippen LogP) is 4.00. The van der Waals surface area contributed by atoms with Crippen molar-refractivity contribution in [1.82, 2.24) is 15.0 Å². The highest BCUT2D eigenvalue weighted by Gasteiger charge is 2.31. The van der Waals surface area contributed by atoms with Crippen LogP contribution in [-0.2, 0) is 4.79 Å². The van der Waals surface area contributed by atoms with Gasteiger partial charge in [-0.05, 0) is 69.2 Å². The predicted molar refractivity (Wildman–Crippen MR) is 142 cm³/mol. The average molecular weight is 523 g/mol. The van der Waals surface area contributed by atoms with Crippen LogP contribution in [-0.4, -0.2) is 57.9 Å². The van der Waals surface area contributed by atoms with E-state index in [0.29, 0.717) is 31.2 Å². The maximum absolute atomic E-state index is 13.4. The minimum absolute atomic E-state index is 0.00419. The third kappa shape index (κ3) is 6.84. The Morgan fingerprint density at radius 3 is 2.76 bits per heavy atom. The Hall–Kier alpha value is -4.02. The standard InChI is InChI=1S/C27H34N6O5/c28-12-4-2-1-3-5-14-38-27-31-24(29)23-25(32-27)37-15-13-33(26(23)36)20-10-11-21(30-17-20)19-8-6-18(7-9-19)16-22(34)35/h1-2,10-12,17-19,28H,3-9,13-16H2,(H,34,35)(H2,29,31,32)/b2-1-,28-12?. The van der Waals surface area contributed by atoms with Gasteiger partial charge >= 0.3 is 12.0 Å². The summed E-state index contributed by atoms with van der Waals surface area (Å²) in [7, 11) is 0. The summed E-state index contributed by atoms with van der Waals surface area (Å²) in [5.41, 5.74) is 7.83. The zero-order valence-electron chi connectivity index (χ0n) is 21.3. The molecular formula is C27H34N6O5. The summed E-state index contributed by atoms with van der Waals surface area (Å²) in [5.74, 6) is -0.473. The molecule has 4 rings (SSSR count). The van der Waals surface area contributed by atoms with Crippen molar-refractivity contribution >= 4 is 29.6 Å². The smallest absolute Gasteiger partial charge is 0.321 e. The molecule has 202 valence electrons. The first-order valence-corrected chi connectivity index (χ1v) is 13.0. The first-order chi connectivity index (χ1) is 18.5. The first-order valence-electron chi connectivity index (χ1n) is 13.0. The number of hydrogen-bond donors (Lipinski definition) is 3. The highest BCUT2D eigenvalue weighted by molar-refractivity contribution is 6.10. The van der Waals surface area contributed by atoms with Gasteiger partial charge in [0, 0.05) is 18.0 Å². The fourth-order valence-corrected chi connectivity index (χ4v) is 4.88. The second-order valence-electron chi connectivity index (χ2n) is 9.54. The van der Waals surface area contributed by atoms with Crippen LogP contribution >= 0.6 is 0 Å². The molecular weight excluding hydrogens is 488 g/mol. The molecule has 2 aliphatic rings. The third-order valence-electron chi connectivity index (χ3n) is 6.87. The summed E-state index contributed by atoms with van der Waals surface area (Å²) in [6.45, 7) is 0.905. The SMILES string of the molecule is N=CC/C=C\CCCOc1nc(N)c2c(n1)OCCN(c1ccc(C3CCC(CC(=O)O)CC3)nc1)C2=O. The number of fused-ring (bicyclic) bond motifs is 1. The van der Waals surface area contributed by atoms with Gasteiger partial charge in [0.1, 0.15) is 18.0 Å². The lowest BCUT2D eigenvalue weighted by atomic mass is 9.79. The maximum atomic E-state index is 13.4. The second kappa shape index (κ2) is 13.0. The van der Waals surface area contributed by atoms with Gasteiger partial charge in [0.05, 0.1) is 25.0 Å².